The van der Waals surface area contributed by atoms with Crippen molar-refractivity contribution in [2.45, 2.75) is 51.3 Å². The van der Waals surface area contributed by atoms with Gasteiger partial charge in [0, 0.05) is 36.7 Å². The molecule has 0 aromatic heterocycles. The maximum Gasteiger partial charge on any atom is 0.194 e. The molecule has 2 rings (SSSR count). The first-order valence-corrected chi connectivity index (χ1v) is 11.7. The first-order valence-electron chi connectivity index (χ1n) is 8.81. The second kappa shape index (κ2) is 10.4. The summed E-state index contributed by atoms with van der Waals surface area (Å²) in [6.07, 6.45) is 2.99. The van der Waals surface area contributed by atoms with Crippen molar-refractivity contribution in [1.29, 1.82) is 0 Å². The molecule has 24 heavy (non-hydrogen) atoms. The molecule has 0 spiro atoms. The third kappa shape index (κ3) is 6.90. The number of nitrogens with zero attached hydrogens (tertiary/aromatic N) is 2. The lowest BCUT2D eigenvalue weighted by Crippen LogP contribution is -2.50. The van der Waals surface area contributed by atoms with E-state index in [2.05, 4.69) is 31.0 Å². The van der Waals surface area contributed by atoms with Crippen molar-refractivity contribution in [2.24, 2.45) is 10.9 Å². The van der Waals surface area contributed by atoms with Crippen LogP contribution >= 0.6 is 35.7 Å². The van der Waals surface area contributed by atoms with E-state index >= 15 is 0 Å². The normalized spacial score (nSPS) is 28.3. The molecule has 0 saturated carbocycles. The van der Waals surface area contributed by atoms with Crippen molar-refractivity contribution in [3.8, 4) is 0 Å². The van der Waals surface area contributed by atoms with Crippen molar-refractivity contribution in [3.63, 3.8) is 0 Å². The van der Waals surface area contributed by atoms with Crippen LogP contribution < -0.4 is 5.32 Å². The Kier molecular flexibility index (Phi) is 9.73. The molecule has 142 valence electrons. The molecule has 2 fully saturated rings. The van der Waals surface area contributed by atoms with Gasteiger partial charge >= 0.3 is 0 Å². The second-order valence-corrected chi connectivity index (χ2v) is 10.4. The van der Waals surface area contributed by atoms with E-state index in [1.807, 2.05) is 11.8 Å². The highest BCUT2D eigenvalue weighted by Crippen LogP contribution is 2.22. The Labute approximate surface area is 168 Å². The highest BCUT2D eigenvalue weighted by molar-refractivity contribution is 14.0. The van der Waals surface area contributed by atoms with Crippen LogP contribution in [0, 0.1) is 5.92 Å². The van der Waals surface area contributed by atoms with Gasteiger partial charge in [0.05, 0.1) is 11.5 Å². The van der Waals surface area contributed by atoms with Gasteiger partial charge in [0.25, 0.3) is 0 Å². The Morgan fingerprint density at radius 3 is 2.75 bits per heavy atom. The molecule has 2 aliphatic rings. The van der Waals surface area contributed by atoms with E-state index in [4.69, 9.17) is 4.99 Å². The first kappa shape index (κ1) is 22.3. The maximum absolute atomic E-state index is 11.6. The molecular weight excluding hydrogens is 457 g/mol. The Hall–Kier alpha value is 0.300. The molecule has 0 aromatic rings. The van der Waals surface area contributed by atoms with Gasteiger partial charge in [-0.1, -0.05) is 13.8 Å². The lowest BCUT2D eigenvalue weighted by molar-refractivity contribution is 0.397. The van der Waals surface area contributed by atoms with Crippen LogP contribution in [0.15, 0.2) is 4.99 Å². The predicted octanol–water partition coefficient (Wildman–Crippen LogP) is 2.61. The SMILES string of the molecule is CCC(C)NC(=NCC1CCS(=O)(=O)C1)N1CCSC(CC)C1.I. The van der Waals surface area contributed by atoms with Gasteiger partial charge in [0.1, 0.15) is 0 Å². The molecule has 0 aromatic carbocycles. The fraction of sp³-hybridized carbons (Fsp3) is 0.938. The summed E-state index contributed by atoms with van der Waals surface area (Å²) in [5, 5.41) is 4.21. The van der Waals surface area contributed by atoms with Crippen LogP contribution in [-0.4, -0.2) is 67.5 Å². The smallest absolute Gasteiger partial charge is 0.194 e. The standard InChI is InChI=1S/C16H31N3O2S2.HI/c1-4-13(3)18-16(19-7-8-22-15(5-2)11-19)17-10-14-6-9-23(20,21)12-14;/h13-15H,4-12H2,1-3H3,(H,17,18);1H. The minimum Gasteiger partial charge on any atom is -0.354 e. The molecule has 1 N–H and O–H groups in total. The van der Waals surface area contributed by atoms with Crippen molar-refractivity contribution in [2.75, 3.05) is 36.9 Å². The molecule has 8 heteroatoms. The number of nitrogens with one attached hydrogen (secondary N) is 1. The molecule has 0 aliphatic carbocycles. The number of thioether (sulfide) groups is 1. The Balaban J connectivity index is 0.00000288. The summed E-state index contributed by atoms with van der Waals surface area (Å²) in [6, 6.07) is 0.385. The fourth-order valence-corrected chi connectivity index (χ4v) is 5.98. The first-order chi connectivity index (χ1) is 10.9. The monoisotopic (exact) mass is 489 g/mol. The van der Waals surface area contributed by atoms with E-state index in [1.165, 1.54) is 6.42 Å². The number of rotatable bonds is 5. The number of guanidine groups is 1. The predicted molar refractivity (Wildman–Crippen MR) is 115 cm³/mol. The lowest BCUT2D eigenvalue weighted by atomic mass is 10.1. The Morgan fingerprint density at radius 1 is 1.42 bits per heavy atom. The minimum absolute atomic E-state index is 0. The van der Waals surface area contributed by atoms with Crippen molar-refractivity contribution in [3.05, 3.63) is 0 Å². The van der Waals surface area contributed by atoms with Gasteiger partial charge < -0.3 is 10.2 Å². The molecule has 5 nitrogen and oxygen atoms in total. The number of hydrogen-bond acceptors (Lipinski definition) is 4. The Morgan fingerprint density at radius 2 is 2.17 bits per heavy atom. The summed E-state index contributed by atoms with van der Waals surface area (Å²) in [4.78, 5) is 7.17. The van der Waals surface area contributed by atoms with E-state index in [0.717, 1.165) is 37.6 Å². The average Bonchev–Trinajstić information content (AvgIpc) is 2.90. The van der Waals surface area contributed by atoms with Crippen molar-refractivity contribution >= 4 is 51.5 Å². The quantitative estimate of drug-likeness (QED) is 0.366. The van der Waals surface area contributed by atoms with Crippen LogP contribution in [0.3, 0.4) is 0 Å². The third-order valence-electron chi connectivity index (χ3n) is 4.71. The topological polar surface area (TPSA) is 61.8 Å². The van der Waals surface area contributed by atoms with Gasteiger partial charge in [-0.3, -0.25) is 4.99 Å². The second-order valence-electron chi connectivity index (χ2n) is 6.73. The van der Waals surface area contributed by atoms with E-state index in [0.29, 0.717) is 29.3 Å². The van der Waals surface area contributed by atoms with Gasteiger partial charge in [0.2, 0.25) is 0 Å². The summed E-state index contributed by atoms with van der Waals surface area (Å²) in [6.45, 7) is 9.26. The zero-order valence-corrected chi connectivity index (χ0v) is 19.0. The van der Waals surface area contributed by atoms with Crippen LogP contribution in [0.1, 0.15) is 40.0 Å². The van der Waals surface area contributed by atoms with Gasteiger partial charge in [-0.05, 0) is 32.1 Å². The Bertz CT molecular complexity index is 513. The summed E-state index contributed by atoms with van der Waals surface area (Å²) in [7, 11) is -2.82. The third-order valence-corrected chi connectivity index (χ3v) is 7.92. The van der Waals surface area contributed by atoms with Gasteiger partial charge in [-0.25, -0.2) is 8.42 Å². The average molecular weight is 489 g/mol. The summed E-state index contributed by atoms with van der Waals surface area (Å²) in [5.74, 6) is 2.94. The van der Waals surface area contributed by atoms with E-state index in [1.54, 1.807) is 0 Å². The molecule has 2 saturated heterocycles. The van der Waals surface area contributed by atoms with Crippen LogP contribution in [0.25, 0.3) is 0 Å². The molecular formula is C16H32IN3O2S2. The lowest BCUT2D eigenvalue weighted by Gasteiger charge is -2.35. The molecule has 3 unspecified atom stereocenters. The van der Waals surface area contributed by atoms with Crippen LogP contribution in [-0.2, 0) is 9.84 Å². The van der Waals surface area contributed by atoms with Crippen LogP contribution in [0.2, 0.25) is 0 Å². The van der Waals surface area contributed by atoms with E-state index in [9.17, 15) is 8.42 Å². The number of hydrogen-bond donors (Lipinski definition) is 1. The largest absolute Gasteiger partial charge is 0.354 e. The highest BCUT2D eigenvalue weighted by Gasteiger charge is 2.28. The molecule has 2 aliphatic heterocycles. The van der Waals surface area contributed by atoms with Crippen molar-refractivity contribution in [1.82, 2.24) is 10.2 Å². The zero-order valence-electron chi connectivity index (χ0n) is 15.0. The fourth-order valence-electron chi connectivity index (χ4n) is 2.95. The van der Waals surface area contributed by atoms with Gasteiger partial charge in [0.15, 0.2) is 15.8 Å². The number of aliphatic imine (C=N–C) groups is 1. The molecule has 0 radical (unpaired) electrons. The van der Waals surface area contributed by atoms with Gasteiger partial charge in [-0.2, -0.15) is 11.8 Å². The van der Waals surface area contributed by atoms with E-state index < -0.39 is 9.84 Å². The summed E-state index contributed by atoms with van der Waals surface area (Å²) >= 11 is 2.05. The highest BCUT2D eigenvalue weighted by atomic mass is 127. The summed E-state index contributed by atoms with van der Waals surface area (Å²) in [5.41, 5.74) is 0. The van der Waals surface area contributed by atoms with Gasteiger partial charge in [-0.15, -0.1) is 24.0 Å². The summed E-state index contributed by atoms with van der Waals surface area (Å²) < 4.78 is 23.2. The van der Waals surface area contributed by atoms with Crippen LogP contribution in [0.5, 0.6) is 0 Å². The molecule has 2 heterocycles. The van der Waals surface area contributed by atoms with Crippen molar-refractivity contribution < 1.29 is 8.42 Å². The van der Waals surface area contributed by atoms with E-state index in [-0.39, 0.29) is 29.9 Å². The maximum atomic E-state index is 11.6. The molecule has 0 amide bonds. The molecule has 3 atom stereocenters. The van der Waals surface area contributed by atoms with Crippen LogP contribution in [0.4, 0.5) is 0 Å². The molecule has 0 bridgehead atoms. The number of sulfone groups is 1. The zero-order chi connectivity index (χ0) is 16.9. The number of halogens is 1. The minimum atomic E-state index is -2.82.